The Bertz CT molecular complexity index is 435. The van der Waals surface area contributed by atoms with Crippen molar-refractivity contribution in [1.29, 1.82) is 0 Å². The molecule has 0 aromatic carbocycles. The number of nitrogens with two attached hydrogens (primary N) is 1. The maximum atomic E-state index is 12.6. The first-order valence-electron chi connectivity index (χ1n) is 6.87. The minimum Gasteiger partial charge on any atom is -0.392 e. The molecule has 6 nitrogen and oxygen atoms in total. The molecule has 3 N–H and O–H groups in total. The number of thiocarbonyl (C=S) groups is 1. The van der Waals surface area contributed by atoms with Gasteiger partial charge in [-0.25, -0.2) is 0 Å². The first-order valence-corrected chi connectivity index (χ1v) is 7.28. The van der Waals surface area contributed by atoms with Crippen LogP contribution in [0.25, 0.3) is 0 Å². The van der Waals surface area contributed by atoms with Crippen molar-refractivity contribution in [2.24, 2.45) is 11.1 Å². The molecule has 2 aliphatic rings. The fraction of sp³-hybridized carbons (Fsp3) is 0.769. The third-order valence-corrected chi connectivity index (χ3v) is 4.14. The Labute approximate surface area is 124 Å². The number of rotatable bonds is 4. The van der Waals surface area contributed by atoms with Crippen LogP contribution < -0.4 is 11.1 Å². The van der Waals surface area contributed by atoms with Crippen LogP contribution in [-0.4, -0.2) is 53.5 Å². The lowest BCUT2D eigenvalue weighted by atomic mass is 10.0. The maximum Gasteiger partial charge on any atom is 0.245 e. The lowest BCUT2D eigenvalue weighted by Crippen LogP contribution is -2.59. The summed E-state index contributed by atoms with van der Waals surface area (Å²) >= 11 is 5.01. The van der Waals surface area contributed by atoms with Gasteiger partial charge in [0.1, 0.15) is 6.04 Å². The number of nitrogens with one attached hydrogen (secondary N) is 1. The van der Waals surface area contributed by atoms with Crippen LogP contribution in [-0.2, 0) is 14.3 Å². The van der Waals surface area contributed by atoms with Gasteiger partial charge in [0.05, 0.1) is 23.6 Å². The van der Waals surface area contributed by atoms with E-state index >= 15 is 0 Å². The number of carbonyl (C=O) groups excluding carboxylic acids is 2. The minimum atomic E-state index is -0.719. The SMILES string of the molecule is CC(C)NC(=O)C1COCCN1C(=O)C1(C(N)=S)CC1. The molecule has 2 rings (SSSR count). The summed E-state index contributed by atoms with van der Waals surface area (Å²) in [6, 6.07) is -0.572. The van der Waals surface area contributed by atoms with Crippen LogP contribution in [0.1, 0.15) is 26.7 Å². The maximum absolute atomic E-state index is 12.6. The molecule has 0 radical (unpaired) electrons. The molecule has 1 saturated carbocycles. The number of nitrogens with zero attached hydrogens (tertiary/aromatic N) is 1. The fourth-order valence-electron chi connectivity index (χ4n) is 2.41. The van der Waals surface area contributed by atoms with E-state index < -0.39 is 11.5 Å². The van der Waals surface area contributed by atoms with Gasteiger partial charge >= 0.3 is 0 Å². The van der Waals surface area contributed by atoms with E-state index in [1.165, 1.54) is 0 Å². The highest BCUT2D eigenvalue weighted by atomic mass is 32.1. The van der Waals surface area contributed by atoms with E-state index in [0.717, 1.165) is 0 Å². The Hall–Kier alpha value is -1.21. The second-order valence-electron chi connectivity index (χ2n) is 5.70. The molecular weight excluding hydrogens is 278 g/mol. The molecule has 112 valence electrons. The number of hydrogen-bond donors (Lipinski definition) is 2. The highest BCUT2D eigenvalue weighted by molar-refractivity contribution is 7.80. The molecular formula is C13H21N3O3S. The number of ether oxygens (including phenoxy) is 1. The van der Waals surface area contributed by atoms with Gasteiger partial charge in [-0.15, -0.1) is 0 Å². The van der Waals surface area contributed by atoms with Crippen molar-refractivity contribution < 1.29 is 14.3 Å². The third kappa shape index (κ3) is 2.78. The van der Waals surface area contributed by atoms with Crippen molar-refractivity contribution in [3.8, 4) is 0 Å². The number of amides is 2. The molecule has 0 bridgehead atoms. The summed E-state index contributed by atoms with van der Waals surface area (Å²) in [6.07, 6.45) is 1.36. The monoisotopic (exact) mass is 299 g/mol. The lowest BCUT2D eigenvalue weighted by Gasteiger charge is -2.37. The Morgan fingerprint density at radius 1 is 1.45 bits per heavy atom. The van der Waals surface area contributed by atoms with Gasteiger partial charge in [-0.1, -0.05) is 12.2 Å². The molecule has 1 aliphatic carbocycles. The van der Waals surface area contributed by atoms with Crippen LogP contribution in [0, 0.1) is 5.41 Å². The first kappa shape index (κ1) is 15.2. The van der Waals surface area contributed by atoms with Crippen molar-refractivity contribution in [3.63, 3.8) is 0 Å². The van der Waals surface area contributed by atoms with Crippen LogP contribution in [0.5, 0.6) is 0 Å². The number of hydrogen-bond acceptors (Lipinski definition) is 4. The normalized spacial score (nSPS) is 24.4. The largest absolute Gasteiger partial charge is 0.392 e. The Kier molecular flexibility index (Phi) is 4.29. The zero-order valence-electron chi connectivity index (χ0n) is 11.8. The molecule has 0 spiro atoms. The topological polar surface area (TPSA) is 84.7 Å². The van der Waals surface area contributed by atoms with E-state index in [-0.39, 0.29) is 29.5 Å². The molecule has 2 fully saturated rings. The molecule has 0 aromatic rings. The summed E-state index contributed by atoms with van der Waals surface area (Å²) in [5.41, 5.74) is 4.98. The predicted molar refractivity (Wildman–Crippen MR) is 78.1 cm³/mol. The summed E-state index contributed by atoms with van der Waals surface area (Å²) < 4.78 is 5.34. The second-order valence-corrected chi connectivity index (χ2v) is 6.14. The van der Waals surface area contributed by atoms with Crippen molar-refractivity contribution in [1.82, 2.24) is 10.2 Å². The predicted octanol–water partition coefficient (Wildman–Crippen LogP) is -0.195. The second kappa shape index (κ2) is 5.65. The Morgan fingerprint density at radius 3 is 2.60 bits per heavy atom. The van der Waals surface area contributed by atoms with Crippen molar-refractivity contribution in [2.75, 3.05) is 19.8 Å². The van der Waals surface area contributed by atoms with Gasteiger partial charge in [0, 0.05) is 12.6 Å². The number of morpholine rings is 1. The quantitative estimate of drug-likeness (QED) is 0.703. The van der Waals surface area contributed by atoms with Crippen molar-refractivity contribution in [3.05, 3.63) is 0 Å². The van der Waals surface area contributed by atoms with Crippen LogP contribution in [0.2, 0.25) is 0 Å². The summed E-state index contributed by atoms with van der Waals surface area (Å²) in [4.78, 5) is 26.6. The summed E-state index contributed by atoms with van der Waals surface area (Å²) in [5, 5.41) is 2.82. The fourth-order valence-corrected chi connectivity index (χ4v) is 2.70. The summed E-state index contributed by atoms with van der Waals surface area (Å²) in [7, 11) is 0. The van der Waals surface area contributed by atoms with E-state index in [9.17, 15) is 9.59 Å². The highest BCUT2D eigenvalue weighted by Gasteiger charge is 2.56. The van der Waals surface area contributed by atoms with E-state index in [1.54, 1.807) is 4.90 Å². The van der Waals surface area contributed by atoms with Gasteiger partial charge in [0.25, 0.3) is 0 Å². The Balaban J connectivity index is 2.13. The average molecular weight is 299 g/mol. The van der Waals surface area contributed by atoms with Crippen LogP contribution >= 0.6 is 12.2 Å². The molecule has 7 heteroatoms. The smallest absolute Gasteiger partial charge is 0.245 e. The van der Waals surface area contributed by atoms with Gasteiger partial charge in [0.15, 0.2) is 0 Å². The highest BCUT2D eigenvalue weighted by Crippen LogP contribution is 2.48. The zero-order chi connectivity index (χ0) is 14.9. The van der Waals surface area contributed by atoms with E-state index in [1.807, 2.05) is 13.8 Å². The molecule has 1 aliphatic heterocycles. The van der Waals surface area contributed by atoms with Crippen LogP contribution in [0.15, 0.2) is 0 Å². The standard InChI is InChI=1S/C13H21N3O3S/c1-8(2)15-10(17)9-7-19-6-5-16(9)12(18)13(3-4-13)11(14)20/h8-9H,3-7H2,1-2H3,(H2,14,20)(H,15,17). The molecule has 1 saturated heterocycles. The summed E-state index contributed by atoms with van der Waals surface area (Å²) in [5.74, 6) is -0.316. The van der Waals surface area contributed by atoms with Gasteiger partial charge in [0.2, 0.25) is 11.8 Å². The van der Waals surface area contributed by atoms with Gasteiger partial charge in [-0.05, 0) is 26.7 Å². The van der Waals surface area contributed by atoms with E-state index in [0.29, 0.717) is 26.0 Å². The molecule has 1 heterocycles. The zero-order valence-corrected chi connectivity index (χ0v) is 12.7. The number of carbonyl (C=O) groups is 2. The lowest BCUT2D eigenvalue weighted by molar-refractivity contribution is -0.151. The van der Waals surface area contributed by atoms with Crippen LogP contribution in [0.3, 0.4) is 0 Å². The summed E-state index contributed by atoms with van der Waals surface area (Å²) in [6.45, 7) is 4.82. The molecule has 1 unspecified atom stereocenters. The average Bonchev–Trinajstić information content (AvgIpc) is 3.18. The Morgan fingerprint density at radius 2 is 2.10 bits per heavy atom. The molecule has 0 aromatic heterocycles. The van der Waals surface area contributed by atoms with Gasteiger partial charge in [-0.3, -0.25) is 9.59 Å². The van der Waals surface area contributed by atoms with Crippen molar-refractivity contribution >= 4 is 29.0 Å². The first-order chi connectivity index (χ1) is 9.38. The van der Waals surface area contributed by atoms with Gasteiger partial charge < -0.3 is 20.7 Å². The minimum absolute atomic E-state index is 0.0202. The van der Waals surface area contributed by atoms with Gasteiger partial charge in [-0.2, -0.15) is 0 Å². The third-order valence-electron chi connectivity index (χ3n) is 3.75. The van der Waals surface area contributed by atoms with E-state index in [2.05, 4.69) is 5.32 Å². The molecule has 1 atom stereocenters. The molecule has 2 amide bonds. The molecule has 20 heavy (non-hydrogen) atoms. The van der Waals surface area contributed by atoms with E-state index in [4.69, 9.17) is 22.7 Å². The van der Waals surface area contributed by atoms with Crippen molar-refractivity contribution in [2.45, 2.75) is 38.8 Å². The van der Waals surface area contributed by atoms with Crippen LogP contribution in [0.4, 0.5) is 0 Å².